The average Bonchev–Trinajstić information content (AvgIpc) is 3.13. The van der Waals surface area contributed by atoms with Crippen molar-refractivity contribution in [2.75, 3.05) is 151 Å². The van der Waals surface area contributed by atoms with E-state index >= 15 is 0 Å². The molecule has 2 unspecified atom stereocenters. The van der Waals surface area contributed by atoms with E-state index in [2.05, 4.69) is 31.9 Å². The van der Waals surface area contributed by atoms with E-state index in [0.717, 1.165) is 6.54 Å². The predicted octanol–water partition coefficient (Wildman–Crippen LogP) is -5.25. The number of hydrogen-bond acceptors (Lipinski definition) is 16. The van der Waals surface area contributed by atoms with Gasteiger partial charge >= 0.3 is 23.9 Å². The van der Waals surface area contributed by atoms with Crippen LogP contribution in [0.5, 0.6) is 0 Å². The summed E-state index contributed by atoms with van der Waals surface area (Å²) in [7, 11) is 0. The molecule has 0 aliphatic carbocycles. The smallest absolute Gasteiger partial charge is 0.317 e. The minimum absolute atomic E-state index is 0.0409. The lowest BCUT2D eigenvalue weighted by atomic mass is 10.0. The van der Waals surface area contributed by atoms with Crippen LogP contribution >= 0.6 is 0 Å². The van der Waals surface area contributed by atoms with Crippen molar-refractivity contribution in [1.29, 1.82) is 0 Å². The van der Waals surface area contributed by atoms with Crippen molar-refractivity contribution in [1.82, 2.24) is 61.5 Å². The molecular weight excluding hydrogens is 776 g/mol. The molecule has 10 N–H and O–H groups in total. The van der Waals surface area contributed by atoms with E-state index in [1.165, 1.54) is 13.8 Å². The molecule has 2 fully saturated rings. The standard InChI is InChI=1S/C36H68N12O11/c1-28(49)40-8-10-46(47-19-17-44(26-35(56)57)15-13-43(25-34(54)55)14-16-45(18-20-47)27-36(58)59)11-9-41-32(51)21-30(24-42-29(2)50)48-12-7-38-4-3-37-5-6-39-23-31(48)22-33(52)53/h30-31,37-39H,3-27H2,1-2H3,(H,40,49)(H,41,51)(H,42,50)(H,52,53)(H,54,55)(H,56,57)(H,58,59). The topological polar surface area (TPSA) is 292 Å². The summed E-state index contributed by atoms with van der Waals surface area (Å²) in [5.74, 6) is -4.98. The zero-order valence-electron chi connectivity index (χ0n) is 34.7. The van der Waals surface area contributed by atoms with Gasteiger partial charge in [-0.1, -0.05) is 0 Å². The van der Waals surface area contributed by atoms with E-state index in [9.17, 15) is 54.0 Å². The van der Waals surface area contributed by atoms with E-state index < -0.39 is 36.0 Å². The minimum Gasteiger partial charge on any atom is -0.481 e. The van der Waals surface area contributed by atoms with Crippen molar-refractivity contribution < 1.29 is 54.0 Å². The van der Waals surface area contributed by atoms with Crippen LogP contribution in [-0.4, -0.2) is 254 Å². The zero-order chi connectivity index (χ0) is 43.6. The van der Waals surface area contributed by atoms with Crippen LogP contribution in [0.15, 0.2) is 0 Å². The quantitative estimate of drug-likeness (QED) is 0.0548. The molecule has 0 spiro atoms. The molecule has 23 heteroatoms. The van der Waals surface area contributed by atoms with Crippen LogP contribution in [0.2, 0.25) is 0 Å². The van der Waals surface area contributed by atoms with E-state index in [1.807, 2.05) is 14.9 Å². The highest BCUT2D eigenvalue weighted by Crippen LogP contribution is 2.13. The maximum atomic E-state index is 13.7. The number of rotatable bonds is 20. The second-order valence-electron chi connectivity index (χ2n) is 14.7. The van der Waals surface area contributed by atoms with E-state index in [1.54, 1.807) is 14.7 Å². The van der Waals surface area contributed by atoms with Gasteiger partial charge in [0.2, 0.25) is 17.7 Å². The molecule has 0 aromatic heterocycles. The van der Waals surface area contributed by atoms with Crippen LogP contribution in [0.3, 0.4) is 0 Å². The molecule has 2 saturated heterocycles. The van der Waals surface area contributed by atoms with Crippen molar-refractivity contribution in [3.8, 4) is 0 Å². The van der Waals surface area contributed by atoms with Crippen molar-refractivity contribution >= 4 is 41.6 Å². The molecule has 0 aromatic rings. The maximum Gasteiger partial charge on any atom is 0.317 e. The second-order valence-corrected chi connectivity index (χ2v) is 14.7. The molecule has 2 rings (SSSR count). The number of carboxylic acids is 4. The Hall–Kier alpha value is -4.07. The van der Waals surface area contributed by atoms with Crippen LogP contribution < -0.4 is 31.9 Å². The van der Waals surface area contributed by atoms with Crippen LogP contribution in [0, 0.1) is 0 Å². The van der Waals surface area contributed by atoms with Gasteiger partial charge in [0.1, 0.15) is 0 Å². The van der Waals surface area contributed by atoms with Crippen LogP contribution in [0.25, 0.3) is 0 Å². The normalized spacial score (nSPS) is 20.2. The fraction of sp³-hybridized carbons (Fsp3) is 0.806. The summed E-state index contributed by atoms with van der Waals surface area (Å²) in [5.41, 5.74) is 0. The van der Waals surface area contributed by atoms with Gasteiger partial charge in [0.05, 0.1) is 26.1 Å². The highest BCUT2D eigenvalue weighted by atomic mass is 16.4. The number of carboxylic acid groups (broad SMARTS) is 4. The van der Waals surface area contributed by atoms with E-state index in [-0.39, 0.29) is 116 Å². The summed E-state index contributed by atoms with van der Waals surface area (Å²) >= 11 is 0. The third-order valence-electron chi connectivity index (χ3n) is 9.97. The first-order valence-electron chi connectivity index (χ1n) is 20.3. The van der Waals surface area contributed by atoms with Crippen molar-refractivity contribution in [2.24, 2.45) is 0 Å². The summed E-state index contributed by atoms with van der Waals surface area (Å²) in [6.07, 6.45) is -0.215. The maximum absolute atomic E-state index is 13.7. The lowest BCUT2D eigenvalue weighted by Gasteiger charge is -2.39. The molecule has 2 atom stereocenters. The number of carbonyl (C=O) groups excluding carboxylic acids is 3. The van der Waals surface area contributed by atoms with Gasteiger partial charge < -0.3 is 52.3 Å². The fourth-order valence-electron chi connectivity index (χ4n) is 7.04. The van der Waals surface area contributed by atoms with Crippen molar-refractivity contribution in [3.05, 3.63) is 0 Å². The first-order valence-corrected chi connectivity index (χ1v) is 20.3. The van der Waals surface area contributed by atoms with Gasteiger partial charge in [-0.3, -0.25) is 53.2 Å². The van der Waals surface area contributed by atoms with Gasteiger partial charge in [-0.2, -0.15) is 0 Å². The second kappa shape index (κ2) is 29.2. The van der Waals surface area contributed by atoms with Gasteiger partial charge in [0.15, 0.2) is 0 Å². The van der Waals surface area contributed by atoms with Gasteiger partial charge in [-0.15, -0.1) is 0 Å². The lowest BCUT2D eigenvalue weighted by molar-refractivity contribution is -0.141. The number of nitrogens with one attached hydrogen (secondary N) is 6. The molecule has 2 heterocycles. The minimum atomic E-state index is -1.05. The summed E-state index contributed by atoms with van der Waals surface area (Å²) in [5, 5.41) is 61.0. The summed E-state index contributed by atoms with van der Waals surface area (Å²) in [6, 6.07) is -1.01. The number of hydrogen-bond donors (Lipinski definition) is 10. The molecule has 0 saturated carbocycles. The van der Waals surface area contributed by atoms with E-state index in [0.29, 0.717) is 58.9 Å². The van der Waals surface area contributed by atoms with Crippen LogP contribution in [-0.2, 0) is 33.6 Å². The Kier molecular flexibility index (Phi) is 25.3. The van der Waals surface area contributed by atoms with Gasteiger partial charge in [0, 0.05) is 163 Å². The third-order valence-corrected chi connectivity index (χ3v) is 9.97. The molecule has 0 bridgehead atoms. The molecular formula is C36H68N12O11. The molecule has 2 aliphatic rings. The summed E-state index contributed by atoms with van der Waals surface area (Å²) in [6.45, 7) is 9.26. The summed E-state index contributed by atoms with van der Waals surface area (Å²) in [4.78, 5) is 91.8. The molecule has 2 aliphatic heterocycles. The monoisotopic (exact) mass is 845 g/mol. The van der Waals surface area contributed by atoms with Crippen molar-refractivity contribution in [3.63, 3.8) is 0 Å². The average molecular weight is 845 g/mol. The first kappa shape index (κ1) is 51.1. The number of amides is 3. The predicted molar refractivity (Wildman–Crippen MR) is 216 cm³/mol. The Bertz CT molecular complexity index is 1300. The van der Waals surface area contributed by atoms with Gasteiger partial charge in [0.25, 0.3) is 0 Å². The molecule has 59 heavy (non-hydrogen) atoms. The molecule has 23 nitrogen and oxygen atoms in total. The van der Waals surface area contributed by atoms with Crippen LogP contribution in [0.1, 0.15) is 26.7 Å². The largest absolute Gasteiger partial charge is 0.481 e. The Labute approximate surface area is 346 Å². The Morgan fingerprint density at radius 1 is 0.593 bits per heavy atom. The number of hydrazine groups is 1. The van der Waals surface area contributed by atoms with E-state index in [4.69, 9.17) is 0 Å². The molecule has 0 aromatic carbocycles. The molecule has 338 valence electrons. The number of nitrogens with zero attached hydrogens (tertiary/aromatic N) is 6. The zero-order valence-corrected chi connectivity index (χ0v) is 34.7. The SMILES string of the molecule is CC(=O)NCCN(CCNC(=O)CC(CNC(C)=O)N1CCNCCNCCNCC1CC(=O)O)N1CCN(CC(=O)O)CCN(CC(=O)O)CCN(CC(=O)O)CC1. The molecule has 3 amide bonds. The fourth-order valence-corrected chi connectivity index (χ4v) is 7.04. The number of carbonyl (C=O) groups is 7. The first-order chi connectivity index (χ1) is 28.1. The van der Waals surface area contributed by atoms with Crippen LogP contribution in [0.4, 0.5) is 0 Å². The highest BCUT2D eigenvalue weighted by Gasteiger charge is 2.30. The third kappa shape index (κ3) is 23.9. The highest BCUT2D eigenvalue weighted by molar-refractivity contribution is 5.77. The van der Waals surface area contributed by atoms with Crippen molar-refractivity contribution in [2.45, 2.75) is 38.8 Å². The Balaban J connectivity index is 2.31. The Morgan fingerprint density at radius 2 is 1.05 bits per heavy atom. The Morgan fingerprint density at radius 3 is 1.53 bits per heavy atom. The molecule has 0 radical (unpaired) electrons. The number of aliphatic carboxylic acids is 4. The van der Waals surface area contributed by atoms with Gasteiger partial charge in [-0.25, -0.2) is 10.0 Å². The summed E-state index contributed by atoms with van der Waals surface area (Å²) < 4.78 is 0. The lowest BCUT2D eigenvalue weighted by Crippen LogP contribution is -2.56. The van der Waals surface area contributed by atoms with Gasteiger partial charge in [-0.05, 0) is 0 Å².